The topological polar surface area (TPSA) is 65.5 Å². The van der Waals surface area contributed by atoms with Crippen molar-refractivity contribution in [1.82, 2.24) is 20.1 Å². The molecule has 0 radical (unpaired) electrons. The van der Waals surface area contributed by atoms with Crippen LogP contribution in [0.15, 0.2) is 10.9 Å². The Kier molecular flexibility index (Phi) is 5.15. The normalized spacial score (nSPS) is 24.0. The lowest BCUT2D eigenvalue weighted by Crippen LogP contribution is -2.48. The van der Waals surface area contributed by atoms with Gasteiger partial charge in [-0.15, -0.1) is 11.3 Å². The second kappa shape index (κ2) is 7.29. The molecule has 3 fully saturated rings. The molecule has 0 spiro atoms. The number of rotatable bonds is 5. The van der Waals surface area contributed by atoms with Crippen molar-refractivity contribution in [2.45, 2.75) is 45.2 Å². The smallest absolute Gasteiger partial charge is 0.317 e. The fourth-order valence-corrected chi connectivity index (χ4v) is 3.94. The fraction of sp³-hybridized carbons (Fsp3) is 0.688. The molecule has 2 atom stereocenters. The number of amides is 3. The minimum Gasteiger partial charge on any atom is -0.338 e. The summed E-state index contributed by atoms with van der Waals surface area (Å²) in [4.78, 5) is 33.1. The predicted octanol–water partition coefficient (Wildman–Crippen LogP) is 2.08. The molecule has 0 unspecified atom stereocenters. The summed E-state index contributed by atoms with van der Waals surface area (Å²) < 4.78 is 0. The fourth-order valence-electron chi connectivity index (χ4n) is 3.39. The van der Waals surface area contributed by atoms with Crippen LogP contribution in [0.3, 0.4) is 0 Å². The maximum atomic E-state index is 12.7. The number of fused-ring (bicyclic) bond motifs is 4. The molecule has 0 saturated carbocycles. The zero-order valence-corrected chi connectivity index (χ0v) is 14.3. The highest BCUT2D eigenvalue weighted by atomic mass is 32.1. The number of piperidine rings is 1. The maximum absolute atomic E-state index is 12.7. The summed E-state index contributed by atoms with van der Waals surface area (Å²) in [6.07, 6.45) is 3.90. The van der Waals surface area contributed by atoms with Crippen molar-refractivity contribution in [3.05, 3.63) is 16.6 Å². The second-order valence-corrected chi connectivity index (χ2v) is 7.08. The van der Waals surface area contributed by atoms with Gasteiger partial charge in [0.15, 0.2) is 0 Å². The largest absolute Gasteiger partial charge is 0.338 e. The minimum absolute atomic E-state index is 0.0290. The number of hydrogen-bond acceptors (Lipinski definition) is 4. The van der Waals surface area contributed by atoms with Gasteiger partial charge in [0.1, 0.15) is 0 Å². The van der Waals surface area contributed by atoms with Crippen molar-refractivity contribution in [3.8, 4) is 0 Å². The third-order valence-electron chi connectivity index (χ3n) is 4.70. The minimum atomic E-state index is -0.0655. The molecule has 1 N–H and O–H groups in total. The molecule has 3 saturated heterocycles. The monoisotopic (exact) mass is 336 g/mol. The van der Waals surface area contributed by atoms with Crippen LogP contribution in [-0.4, -0.2) is 52.4 Å². The molecule has 4 heterocycles. The molecule has 6 nitrogen and oxygen atoms in total. The van der Waals surface area contributed by atoms with Gasteiger partial charge < -0.3 is 15.1 Å². The van der Waals surface area contributed by atoms with Gasteiger partial charge in [0.2, 0.25) is 5.91 Å². The van der Waals surface area contributed by atoms with Crippen LogP contribution in [-0.2, 0) is 11.3 Å². The van der Waals surface area contributed by atoms with Gasteiger partial charge >= 0.3 is 6.03 Å². The highest BCUT2D eigenvalue weighted by Gasteiger charge is 2.41. The quantitative estimate of drug-likeness (QED) is 0.837. The first-order valence-electron chi connectivity index (χ1n) is 8.39. The van der Waals surface area contributed by atoms with E-state index in [4.69, 9.17) is 0 Å². The summed E-state index contributed by atoms with van der Waals surface area (Å²) in [5.41, 5.74) is 2.73. The summed E-state index contributed by atoms with van der Waals surface area (Å²) >= 11 is 1.55. The lowest BCUT2D eigenvalue weighted by atomic mass is 9.94. The van der Waals surface area contributed by atoms with Crippen LogP contribution in [0, 0.1) is 5.92 Å². The number of thiazole rings is 1. The standard InChI is InChI=1S/C16H24N4O2S/c1-2-3-6-17-16(22)19-7-12-4-5-14(9-19)20(15(12)21)8-13-10-23-11-18-13/h10-12,14H,2-9H2,1H3,(H,17,22)/t12-,14+/m0/s1. The molecule has 7 heteroatoms. The number of carbonyl (C=O) groups is 2. The molecule has 3 aliphatic heterocycles. The van der Waals surface area contributed by atoms with E-state index < -0.39 is 0 Å². The number of nitrogens with zero attached hydrogens (tertiary/aromatic N) is 3. The predicted molar refractivity (Wildman–Crippen MR) is 89.1 cm³/mol. The first-order chi connectivity index (χ1) is 11.2. The van der Waals surface area contributed by atoms with Crippen LogP contribution in [0.4, 0.5) is 4.79 Å². The van der Waals surface area contributed by atoms with Crippen LogP contribution in [0.2, 0.25) is 0 Å². The summed E-state index contributed by atoms with van der Waals surface area (Å²) in [5, 5.41) is 4.96. The number of aromatic nitrogens is 1. The van der Waals surface area contributed by atoms with Gasteiger partial charge in [-0.05, 0) is 19.3 Å². The Bertz CT molecular complexity index is 548. The Balaban J connectivity index is 1.66. The summed E-state index contributed by atoms with van der Waals surface area (Å²) in [6, 6.07) is 0.0820. The third-order valence-corrected chi connectivity index (χ3v) is 5.34. The second-order valence-electron chi connectivity index (χ2n) is 6.36. The van der Waals surface area contributed by atoms with E-state index in [2.05, 4.69) is 17.2 Å². The average molecular weight is 336 g/mol. The molecular weight excluding hydrogens is 312 g/mol. The molecule has 3 aliphatic rings. The lowest BCUT2D eigenvalue weighted by Gasteiger charge is -2.35. The number of urea groups is 1. The third kappa shape index (κ3) is 3.65. The highest BCUT2D eigenvalue weighted by Crippen LogP contribution is 2.30. The van der Waals surface area contributed by atoms with Gasteiger partial charge in [-0.1, -0.05) is 13.3 Å². The molecule has 126 valence electrons. The van der Waals surface area contributed by atoms with E-state index in [1.807, 2.05) is 15.2 Å². The van der Waals surface area contributed by atoms with E-state index in [0.29, 0.717) is 26.2 Å². The van der Waals surface area contributed by atoms with Crippen LogP contribution in [0.1, 0.15) is 38.3 Å². The van der Waals surface area contributed by atoms with Crippen LogP contribution < -0.4 is 5.32 Å². The molecule has 1 aromatic heterocycles. The van der Waals surface area contributed by atoms with E-state index in [9.17, 15) is 9.59 Å². The molecule has 1 aromatic rings. The molecule has 0 aromatic carbocycles. The van der Waals surface area contributed by atoms with Gasteiger partial charge in [0.25, 0.3) is 0 Å². The van der Waals surface area contributed by atoms with Gasteiger partial charge in [0.05, 0.1) is 23.7 Å². The zero-order chi connectivity index (χ0) is 16.2. The Morgan fingerprint density at radius 1 is 1.43 bits per heavy atom. The Labute approximate surface area is 140 Å². The molecule has 0 aliphatic carbocycles. The van der Waals surface area contributed by atoms with Gasteiger partial charge in [0, 0.05) is 31.1 Å². The van der Waals surface area contributed by atoms with E-state index in [1.54, 1.807) is 16.8 Å². The zero-order valence-electron chi connectivity index (χ0n) is 13.5. The van der Waals surface area contributed by atoms with E-state index >= 15 is 0 Å². The molecule has 3 amide bonds. The Hall–Kier alpha value is -1.63. The van der Waals surface area contributed by atoms with Crippen LogP contribution in [0.5, 0.6) is 0 Å². The van der Waals surface area contributed by atoms with Crippen molar-refractivity contribution in [2.24, 2.45) is 5.92 Å². The summed E-state index contributed by atoms with van der Waals surface area (Å²) in [5.74, 6) is 0.113. The number of carbonyl (C=O) groups excluding carboxylic acids is 2. The van der Waals surface area contributed by atoms with Crippen molar-refractivity contribution in [1.29, 1.82) is 0 Å². The maximum Gasteiger partial charge on any atom is 0.317 e. The lowest BCUT2D eigenvalue weighted by molar-refractivity contribution is -0.140. The number of unbranched alkanes of at least 4 members (excludes halogenated alkanes) is 1. The molecular formula is C16H24N4O2S. The van der Waals surface area contributed by atoms with Crippen molar-refractivity contribution >= 4 is 23.3 Å². The van der Waals surface area contributed by atoms with Crippen molar-refractivity contribution < 1.29 is 9.59 Å². The van der Waals surface area contributed by atoms with Gasteiger partial charge in [-0.3, -0.25) is 4.79 Å². The van der Waals surface area contributed by atoms with Crippen LogP contribution >= 0.6 is 11.3 Å². The number of nitrogens with one attached hydrogen (secondary N) is 1. The molecule has 4 rings (SSSR count). The first kappa shape index (κ1) is 16.2. The molecule has 2 bridgehead atoms. The Morgan fingerprint density at radius 2 is 2.30 bits per heavy atom. The summed E-state index contributed by atoms with van der Waals surface area (Å²) in [7, 11) is 0. The van der Waals surface area contributed by atoms with Crippen molar-refractivity contribution in [3.63, 3.8) is 0 Å². The van der Waals surface area contributed by atoms with Crippen LogP contribution in [0.25, 0.3) is 0 Å². The summed E-state index contributed by atoms with van der Waals surface area (Å²) in [6.45, 7) is 4.55. The Morgan fingerprint density at radius 3 is 3.04 bits per heavy atom. The first-order valence-corrected chi connectivity index (χ1v) is 9.33. The van der Waals surface area contributed by atoms with Gasteiger partial charge in [-0.25, -0.2) is 9.78 Å². The van der Waals surface area contributed by atoms with E-state index in [1.165, 1.54) is 0 Å². The van der Waals surface area contributed by atoms with E-state index in [0.717, 1.165) is 31.4 Å². The number of hydrogen-bond donors (Lipinski definition) is 1. The average Bonchev–Trinajstić information content (AvgIpc) is 2.91. The molecule has 23 heavy (non-hydrogen) atoms. The van der Waals surface area contributed by atoms with E-state index in [-0.39, 0.29) is 23.9 Å². The SMILES string of the molecule is CCCCNC(=O)N1C[C@@H]2CC[C@H](C1)N(Cc1cscn1)C2=O. The van der Waals surface area contributed by atoms with Gasteiger partial charge in [-0.2, -0.15) is 0 Å². The highest BCUT2D eigenvalue weighted by molar-refractivity contribution is 7.07. The van der Waals surface area contributed by atoms with Crippen molar-refractivity contribution in [2.75, 3.05) is 19.6 Å².